The number of nitrogens with one attached hydrogen (secondary N) is 2. The normalized spacial score (nSPS) is 14.9. The van der Waals surface area contributed by atoms with Crippen molar-refractivity contribution in [1.29, 1.82) is 0 Å². The average Bonchev–Trinajstić information content (AvgIpc) is 3.69. The first-order chi connectivity index (χ1) is 18.9. The van der Waals surface area contributed by atoms with Gasteiger partial charge in [0.05, 0.1) is 29.5 Å². The molecule has 0 saturated heterocycles. The highest BCUT2D eigenvalue weighted by atomic mass is 31.2. The molecule has 4 rings (SSSR count). The first kappa shape index (κ1) is 22.7. The zero-order valence-corrected chi connectivity index (χ0v) is 22.3. The molecule has 3 aromatic heterocycles. The molecule has 3 aromatic rings. The Kier molecular flexibility index (Phi) is 6.64. The minimum absolute atomic E-state index is 0.0241. The van der Waals surface area contributed by atoms with Gasteiger partial charge in [0.15, 0.2) is 17.4 Å². The zero-order chi connectivity index (χ0) is 29.2. The average molecular weight is 528 g/mol. The Morgan fingerprint density at radius 2 is 1.97 bits per heavy atom. The Morgan fingerprint density at radius 1 is 1.22 bits per heavy atom. The first-order valence-electron chi connectivity index (χ1n) is 13.8. The summed E-state index contributed by atoms with van der Waals surface area (Å²) in [6.07, 6.45) is 5.39. The molecule has 1 fully saturated rings. The highest BCUT2D eigenvalue weighted by Crippen LogP contribution is 2.45. The third-order valence-electron chi connectivity index (χ3n) is 6.49. The highest BCUT2D eigenvalue weighted by molar-refractivity contribution is 7.71. The van der Waals surface area contributed by atoms with Crippen molar-refractivity contribution < 1.29 is 23.0 Å². The smallest absolute Gasteiger partial charge is 0.228 e. The van der Waals surface area contributed by atoms with E-state index >= 15 is 0 Å². The molecule has 0 aliphatic heterocycles. The van der Waals surface area contributed by atoms with E-state index in [0.29, 0.717) is 29.1 Å². The molecular formula is C26H33N6O4P. The van der Waals surface area contributed by atoms with Crippen molar-refractivity contribution in [2.75, 3.05) is 30.1 Å². The van der Waals surface area contributed by atoms with Crippen LogP contribution in [-0.4, -0.2) is 50.9 Å². The van der Waals surface area contributed by atoms with Crippen LogP contribution in [0.15, 0.2) is 30.6 Å². The van der Waals surface area contributed by atoms with Crippen LogP contribution in [0, 0.1) is 5.92 Å². The number of Topliss-reactive ketones (excluding diaryl/α,β-unsaturated/α-hetero) is 1. The van der Waals surface area contributed by atoms with E-state index < -0.39 is 14.1 Å². The fraction of sp³-hybridized carbons (Fsp3) is 0.423. The van der Waals surface area contributed by atoms with Crippen molar-refractivity contribution in [3.05, 3.63) is 36.2 Å². The summed E-state index contributed by atoms with van der Waals surface area (Å²) in [5, 5.41) is 10.2. The quantitative estimate of drug-likeness (QED) is 0.274. The van der Waals surface area contributed by atoms with E-state index in [0.717, 1.165) is 17.5 Å². The van der Waals surface area contributed by atoms with Crippen LogP contribution in [-0.2, 0) is 16.3 Å². The van der Waals surface area contributed by atoms with Gasteiger partial charge in [-0.25, -0.2) is 9.97 Å². The Bertz CT molecular complexity index is 1480. The molecule has 1 amide bonds. The number of ketones is 1. The predicted octanol–water partition coefficient (Wildman–Crippen LogP) is 4.60. The molecule has 0 atom stereocenters. The Hall–Kier alpha value is -3.52. The fourth-order valence-electron chi connectivity index (χ4n) is 4.03. The van der Waals surface area contributed by atoms with E-state index in [1.807, 2.05) is 0 Å². The minimum Gasteiger partial charge on any atom is -0.492 e. The molecule has 0 unspecified atom stereocenters. The monoisotopic (exact) mass is 527 g/mol. The van der Waals surface area contributed by atoms with E-state index in [-0.39, 0.29) is 52.5 Å². The lowest BCUT2D eigenvalue weighted by Crippen LogP contribution is -2.17. The van der Waals surface area contributed by atoms with E-state index in [9.17, 15) is 14.2 Å². The number of ether oxygens (including phenoxy) is 1. The van der Waals surface area contributed by atoms with Gasteiger partial charge in [0.1, 0.15) is 13.0 Å². The number of pyridine rings is 2. The molecule has 0 spiro atoms. The van der Waals surface area contributed by atoms with Crippen molar-refractivity contribution in [3.8, 4) is 17.0 Å². The third kappa shape index (κ3) is 5.44. The summed E-state index contributed by atoms with van der Waals surface area (Å²) in [5.41, 5.74) is 1.52. The highest BCUT2D eigenvalue weighted by Gasteiger charge is 2.30. The number of amides is 1. The van der Waals surface area contributed by atoms with Gasteiger partial charge in [-0.3, -0.25) is 14.3 Å². The Morgan fingerprint density at radius 3 is 2.59 bits per heavy atom. The third-order valence-corrected chi connectivity index (χ3v) is 9.69. The van der Waals surface area contributed by atoms with Gasteiger partial charge in [0.25, 0.3) is 0 Å². The molecule has 10 nitrogen and oxygen atoms in total. The van der Waals surface area contributed by atoms with Crippen LogP contribution < -0.4 is 20.8 Å². The number of aromatic nitrogens is 4. The number of carbonyl (C=O) groups is 2. The second kappa shape index (κ2) is 10.8. The van der Waals surface area contributed by atoms with Crippen molar-refractivity contribution in [2.45, 2.75) is 40.0 Å². The summed E-state index contributed by atoms with van der Waals surface area (Å²) in [4.78, 5) is 33.6. The van der Waals surface area contributed by atoms with Crippen molar-refractivity contribution in [1.82, 2.24) is 19.7 Å². The second-order valence-corrected chi connectivity index (χ2v) is 12.3. The molecule has 1 aliphatic rings. The molecular weight excluding hydrogens is 491 g/mol. The number of methoxy groups -OCH3 is 1. The number of carbonyl (C=O) groups excluding carboxylic acids is 2. The summed E-state index contributed by atoms with van der Waals surface area (Å²) < 4.78 is 44.1. The molecule has 11 heteroatoms. The molecule has 1 aliphatic carbocycles. The van der Waals surface area contributed by atoms with E-state index in [4.69, 9.17) is 8.85 Å². The summed E-state index contributed by atoms with van der Waals surface area (Å²) in [7, 11) is -1.58. The molecule has 2 N–H and O–H groups in total. The van der Waals surface area contributed by atoms with Gasteiger partial charge in [-0.05, 0) is 25.0 Å². The van der Waals surface area contributed by atoms with Crippen LogP contribution in [0.2, 0.25) is 0 Å². The van der Waals surface area contributed by atoms with Gasteiger partial charge in [0.2, 0.25) is 5.91 Å². The molecule has 0 bridgehead atoms. The predicted molar refractivity (Wildman–Crippen MR) is 145 cm³/mol. The van der Waals surface area contributed by atoms with Crippen molar-refractivity contribution >= 4 is 41.6 Å². The standard InChI is InChI=1S/C26H33N6O4P/c1-6-21(33)18-15-28-22(30-26(34)16-9-10-16)13-19(18)29-25-24(36-5)17(11-12-27-25)20-14-23(32(4)31-20)37(35,7-2)8-3/h11-16H,6-10H2,1-5H3,(H2,27,28,29,30,34)/i4D3. The summed E-state index contributed by atoms with van der Waals surface area (Å²) in [6, 6.07) is 4.72. The van der Waals surface area contributed by atoms with Crippen LogP contribution in [0.5, 0.6) is 5.75 Å². The lowest BCUT2D eigenvalue weighted by molar-refractivity contribution is -0.117. The van der Waals surface area contributed by atoms with Crippen molar-refractivity contribution in [2.24, 2.45) is 12.9 Å². The van der Waals surface area contributed by atoms with E-state index in [1.165, 1.54) is 25.6 Å². The van der Waals surface area contributed by atoms with Crippen LogP contribution in [0.25, 0.3) is 11.3 Å². The molecule has 196 valence electrons. The van der Waals surface area contributed by atoms with Gasteiger partial charge in [-0.1, -0.05) is 20.8 Å². The minimum atomic E-state index is -3.01. The van der Waals surface area contributed by atoms with E-state index in [1.54, 1.807) is 32.9 Å². The van der Waals surface area contributed by atoms with Crippen molar-refractivity contribution in [3.63, 3.8) is 0 Å². The van der Waals surface area contributed by atoms with Gasteiger partial charge >= 0.3 is 0 Å². The molecule has 37 heavy (non-hydrogen) atoms. The zero-order valence-electron chi connectivity index (χ0n) is 24.4. The number of nitrogens with zero attached hydrogens (tertiary/aromatic N) is 4. The van der Waals surface area contributed by atoms with Gasteiger partial charge in [-0.2, -0.15) is 5.10 Å². The van der Waals surface area contributed by atoms with Crippen LogP contribution in [0.4, 0.5) is 17.3 Å². The number of aryl methyl sites for hydroxylation is 1. The molecule has 0 aromatic carbocycles. The maximum absolute atomic E-state index is 13.6. The Labute approximate surface area is 220 Å². The van der Waals surface area contributed by atoms with E-state index in [2.05, 4.69) is 25.7 Å². The number of anilines is 3. The van der Waals surface area contributed by atoms with Gasteiger partial charge in [-0.15, -0.1) is 0 Å². The van der Waals surface area contributed by atoms with Gasteiger partial charge < -0.3 is 19.9 Å². The maximum atomic E-state index is 13.6. The number of hydrogen-bond acceptors (Lipinski definition) is 8. The van der Waals surface area contributed by atoms with Crippen LogP contribution in [0.3, 0.4) is 0 Å². The Balaban J connectivity index is 1.79. The summed E-state index contributed by atoms with van der Waals surface area (Å²) in [6.45, 7) is 2.63. The first-order valence-corrected chi connectivity index (χ1v) is 14.4. The van der Waals surface area contributed by atoms with Crippen LogP contribution >= 0.6 is 7.14 Å². The molecule has 1 saturated carbocycles. The lowest BCUT2D eigenvalue weighted by Gasteiger charge is -2.16. The van der Waals surface area contributed by atoms with Crippen LogP contribution in [0.1, 0.15) is 54.5 Å². The summed E-state index contributed by atoms with van der Waals surface area (Å²) in [5.74, 6) is 0.448. The topological polar surface area (TPSA) is 128 Å². The number of rotatable bonds is 11. The SMILES string of the molecule is [2H]C([2H])([2H])n1nc(-c2ccnc(Nc3cc(NC(=O)C4CC4)ncc3C(=O)CC)c2OC)cc1P(=O)(CC)CC. The fourth-order valence-corrected chi connectivity index (χ4v) is 5.87. The number of hydrogen-bond donors (Lipinski definition) is 2. The largest absolute Gasteiger partial charge is 0.492 e. The summed E-state index contributed by atoms with van der Waals surface area (Å²) >= 11 is 0. The van der Waals surface area contributed by atoms with Gasteiger partial charge in [0, 0.05) is 59.8 Å². The lowest BCUT2D eigenvalue weighted by atomic mass is 10.1. The second-order valence-electron chi connectivity index (χ2n) is 8.84. The molecule has 0 radical (unpaired) electrons. The molecule has 3 heterocycles. The maximum Gasteiger partial charge on any atom is 0.228 e.